The summed E-state index contributed by atoms with van der Waals surface area (Å²) in [6, 6.07) is 22.1. The van der Waals surface area contributed by atoms with Crippen molar-refractivity contribution in [1.82, 2.24) is 10.2 Å². The predicted molar refractivity (Wildman–Crippen MR) is 167 cm³/mol. The Balaban J connectivity index is 1.66. The van der Waals surface area contributed by atoms with Gasteiger partial charge in [0.15, 0.2) is 6.61 Å². The Morgan fingerprint density at radius 1 is 0.951 bits per heavy atom. The lowest BCUT2D eigenvalue weighted by Gasteiger charge is -2.34. The molecule has 0 heterocycles. The lowest BCUT2D eigenvalue weighted by atomic mass is 9.86. The molecule has 5 nitrogen and oxygen atoms in total. The van der Waals surface area contributed by atoms with Crippen LogP contribution in [0.4, 0.5) is 0 Å². The highest BCUT2D eigenvalue weighted by Gasteiger charge is 2.33. The summed E-state index contributed by atoms with van der Waals surface area (Å²) in [6.07, 6.45) is 5.65. The summed E-state index contributed by atoms with van der Waals surface area (Å²) in [5, 5.41) is 4.21. The van der Waals surface area contributed by atoms with Crippen LogP contribution < -0.4 is 10.1 Å². The predicted octanol–water partition coefficient (Wildman–Crippen LogP) is 7.76. The summed E-state index contributed by atoms with van der Waals surface area (Å²) < 4.78 is 6.15. The van der Waals surface area contributed by atoms with Crippen LogP contribution in [0, 0.1) is 0 Å². The van der Waals surface area contributed by atoms with Gasteiger partial charge < -0.3 is 15.0 Å². The number of benzene rings is 3. The van der Waals surface area contributed by atoms with Crippen LogP contribution in [0.15, 0.2) is 72.8 Å². The Kier molecular flexibility index (Phi) is 10.7. The van der Waals surface area contributed by atoms with Crippen molar-refractivity contribution in [1.29, 1.82) is 0 Å². The molecular weight excluding hydrogens is 555 g/mol. The maximum Gasteiger partial charge on any atom is 0.261 e. The largest absolute Gasteiger partial charge is 0.483 e. The van der Waals surface area contributed by atoms with Crippen molar-refractivity contribution < 1.29 is 14.3 Å². The molecule has 3 aromatic rings. The molecule has 0 saturated heterocycles. The van der Waals surface area contributed by atoms with E-state index in [2.05, 4.69) is 26.1 Å². The number of nitrogens with one attached hydrogen (secondary N) is 1. The fourth-order valence-corrected chi connectivity index (χ4v) is 5.83. The second-order valence-electron chi connectivity index (χ2n) is 11.8. The fourth-order valence-electron chi connectivity index (χ4n) is 5.37. The standard InChI is InChI=1S/C34H40Cl2N2O3/c1-34(2,3)28-16-10-11-17-31(28)41-23-32(39)38(22-25-18-19-26(35)21-29(25)36)30(20-24-12-6-4-7-13-24)33(40)37-27-14-8-5-9-15-27/h4,6-7,10-13,16-19,21,27,30H,5,8-9,14-15,20,22-23H2,1-3H3,(H,37,40)/t30-/m1/s1. The van der Waals surface area contributed by atoms with Crippen LogP contribution in [0.2, 0.25) is 10.0 Å². The zero-order valence-electron chi connectivity index (χ0n) is 24.2. The number of ether oxygens (including phenoxy) is 1. The Morgan fingerprint density at radius 2 is 1.63 bits per heavy atom. The molecule has 4 rings (SSSR count). The molecule has 0 aromatic heterocycles. The molecular formula is C34H40Cl2N2O3. The minimum Gasteiger partial charge on any atom is -0.483 e. The molecule has 1 atom stereocenters. The van der Waals surface area contributed by atoms with Crippen LogP contribution in [0.5, 0.6) is 5.75 Å². The Bertz CT molecular complexity index is 1320. The lowest BCUT2D eigenvalue weighted by molar-refractivity contribution is -0.143. The third kappa shape index (κ3) is 8.73. The molecule has 2 amide bonds. The second kappa shape index (κ2) is 14.2. The van der Waals surface area contributed by atoms with E-state index in [4.69, 9.17) is 27.9 Å². The first kappa shape index (κ1) is 30.9. The van der Waals surface area contributed by atoms with Gasteiger partial charge in [-0.3, -0.25) is 9.59 Å². The highest BCUT2D eigenvalue weighted by atomic mass is 35.5. The molecule has 0 radical (unpaired) electrons. The summed E-state index contributed by atoms with van der Waals surface area (Å²) in [4.78, 5) is 29.6. The summed E-state index contributed by atoms with van der Waals surface area (Å²) in [7, 11) is 0. The summed E-state index contributed by atoms with van der Waals surface area (Å²) in [6.45, 7) is 6.26. The monoisotopic (exact) mass is 594 g/mol. The van der Waals surface area contributed by atoms with E-state index in [-0.39, 0.29) is 36.4 Å². The molecule has 41 heavy (non-hydrogen) atoms. The quantitative estimate of drug-likeness (QED) is 0.261. The smallest absolute Gasteiger partial charge is 0.261 e. The van der Waals surface area contributed by atoms with Gasteiger partial charge in [0.2, 0.25) is 5.91 Å². The SMILES string of the molecule is CC(C)(C)c1ccccc1OCC(=O)N(Cc1ccc(Cl)cc1Cl)[C@H](Cc1ccccc1)C(=O)NC1CCCCC1. The topological polar surface area (TPSA) is 58.6 Å². The van der Waals surface area contributed by atoms with Gasteiger partial charge in [-0.2, -0.15) is 0 Å². The van der Waals surface area contributed by atoms with Gasteiger partial charge in [-0.15, -0.1) is 0 Å². The Labute approximate surface area is 254 Å². The number of carbonyl (C=O) groups excluding carboxylic acids is 2. The molecule has 0 bridgehead atoms. The molecule has 0 unspecified atom stereocenters. The minimum atomic E-state index is -0.750. The second-order valence-corrected chi connectivity index (χ2v) is 12.7. The number of carbonyl (C=O) groups is 2. The first-order valence-electron chi connectivity index (χ1n) is 14.4. The van der Waals surface area contributed by atoms with Crippen molar-refractivity contribution >= 4 is 35.0 Å². The maximum absolute atomic E-state index is 14.0. The van der Waals surface area contributed by atoms with Crippen LogP contribution in [0.3, 0.4) is 0 Å². The van der Waals surface area contributed by atoms with Gasteiger partial charge in [-0.1, -0.05) is 118 Å². The highest BCUT2D eigenvalue weighted by Crippen LogP contribution is 2.31. The zero-order valence-corrected chi connectivity index (χ0v) is 25.7. The summed E-state index contributed by atoms with van der Waals surface area (Å²) >= 11 is 12.7. The third-order valence-electron chi connectivity index (χ3n) is 7.62. The Hall–Kier alpha value is -3.02. The average Bonchev–Trinajstić information content (AvgIpc) is 2.95. The fraction of sp³-hybridized carbons (Fsp3) is 0.412. The van der Waals surface area contributed by atoms with Crippen LogP contribution in [0.25, 0.3) is 0 Å². The molecule has 218 valence electrons. The first-order chi connectivity index (χ1) is 19.6. The third-order valence-corrected chi connectivity index (χ3v) is 8.21. The molecule has 1 saturated carbocycles. The van der Waals surface area contributed by atoms with E-state index in [1.54, 1.807) is 23.1 Å². The van der Waals surface area contributed by atoms with Crippen molar-refractivity contribution in [2.75, 3.05) is 6.61 Å². The van der Waals surface area contributed by atoms with Gasteiger partial charge in [-0.05, 0) is 53.1 Å². The van der Waals surface area contributed by atoms with E-state index in [1.807, 2.05) is 54.6 Å². The number of rotatable bonds is 10. The van der Waals surface area contributed by atoms with E-state index < -0.39 is 6.04 Å². The summed E-state index contributed by atoms with van der Waals surface area (Å²) in [5.41, 5.74) is 2.53. The Morgan fingerprint density at radius 3 is 2.32 bits per heavy atom. The summed E-state index contributed by atoms with van der Waals surface area (Å²) in [5.74, 6) is 0.206. The minimum absolute atomic E-state index is 0.112. The maximum atomic E-state index is 14.0. The van der Waals surface area contributed by atoms with Crippen LogP contribution >= 0.6 is 23.2 Å². The van der Waals surface area contributed by atoms with E-state index in [9.17, 15) is 9.59 Å². The van der Waals surface area contributed by atoms with Gasteiger partial charge in [0.25, 0.3) is 5.91 Å². The number of halogens is 2. The molecule has 1 fully saturated rings. The highest BCUT2D eigenvalue weighted by molar-refractivity contribution is 6.35. The lowest BCUT2D eigenvalue weighted by Crippen LogP contribution is -2.53. The molecule has 0 aliphatic heterocycles. The number of hydrogen-bond donors (Lipinski definition) is 1. The van der Waals surface area contributed by atoms with Gasteiger partial charge in [0.1, 0.15) is 11.8 Å². The van der Waals surface area contributed by atoms with Crippen LogP contribution in [-0.4, -0.2) is 35.4 Å². The molecule has 1 aliphatic carbocycles. The molecule has 1 N–H and O–H groups in total. The van der Waals surface area contributed by atoms with Crippen molar-refractivity contribution in [3.8, 4) is 5.75 Å². The molecule has 1 aliphatic rings. The average molecular weight is 596 g/mol. The normalized spacial score (nSPS) is 14.8. The van der Waals surface area contributed by atoms with Crippen molar-refractivity contribution in [3.05, 3.63) is 99.5 Å². The molecule has 7 heteroatoms. The van der Waals surface area contributed by atoms with Gasteiger partial charge in [0.05, 0.1) is 0 Å². The molecule has 0 spiro atoms. The first-order valence-corrected chi connectivity index (χ1v) is 15.2. The van der Waals surface area contributed by atoms with Crippen LogP contribution in [0.1, 0.15) is 69.6 Å². The van der Waals surface area contributed by atoms with Gasteiger partial charge in [-0.25, -0.2) is 0 Å². The van der Waals surface area contributed by atoms with Crippen molar-refractivity contribution in [3.63, 3.8) is 0 Å². The van der Waals surface area contributed by atoms with Gasteiger partial charge in [0, 0.05) is 29.1 Å². The van der Waals surface area contributed by atoms with Gasteiger partial charge >= 0.3 is 0 Å². The number of nitrogens with zero attached hydrogens (tertiary/aromatic N) is 1. The van der Waals surface area contributed by atoms with E-state index in [1.165, 1.54) is 6.42 Å². The zero-order chi connectivity index (χ0) is 29.4. The number of para-hydroxylation sites is 1. The van der Waals surface area contributed by atoms with Crippen molar-refractivity contribution in [2.45, 2.75) is 83.3 Å². The van der Waals surface area contributed by atoms with Crippen LogP contribution in [-0.2, 0) is 28.0 Å². The number of hydrogen-bond acceptors (Lipinski definition) is 3. The van der Waals surface area contributed by atoms with Crippen molar-refractivity contribution in [2.24, 2.45) is 0 Å². The van der Waals surface area contributed by atoms with E-state index in [0.717, 1.165) is 36.8 Å². The van der Waals surface area contributed by atoms with E-state index >= 15 is 0 Å². The molecule has 3 aromatic carbocycles. The number of amides is 2. The van der Waals surface area contributed by atoms with E-state index in [0.29, 0.717) is 27.8 Å².